The lowest BCUT2D eigenvalue weighted by Gasteiger charge is -2.23. The molecule has 0 spiro atoms. The van der Waals surface area contributed by atoms with Gasteiger partial charge in [-0.2, -0.15) is 0 Å². The molecule has 5 nitrogen and oxygen atoms in total. The predicted molar refractivity (Wildman–Crippen MR) is 145 cm³/mol. The number of nitrogens with one attached hydrogen (secondary N) is 1. The van der Waals surface area contributed by atoms with Crippen LogP contribution in [0.3, 0.4) is 0 Å². The Labute approximate surface area is 223 Å². The first kappa shape index (κ1) is 25.6. The van der Waals surface area contributed by atoms with Gasteiger partial charge in [-0.15, -0.1) is 0 Å². The van der Waals surface area contributed by atoms with E-state index in [2.05, 4.69) is 45.2 Å². The number of benzene rings is 3. The van der Waals surface area contributed by atoms with E-state index >= 15 is 0 Å². The van der Waals surface area contributed by atoms with Gasteiger partial charge in [-0.05, 0) is 73.1 Å². The molecule has 2 atom stereocenters. The van der Waals surface area contributed by atoms with Crippen molar-refractivity contribution in [1.82, 2.24) is 4.98 Å². The lowest BCUT2D eigenvalue weighted by atomic mass is 9.97. The Morgan fingerprint density at radius 1 is 0.892 bits per heavy atom. The Balaban J connectivity index is 0.000000195. The predicted octanol–water partition coefficient (Wildman–Crippen LogP) is 8.21. The van der Waals surface area contributed by atoms with Crippen molar-refractivity contribution in [3.63, 3.8) is 0 Å². The molecule has 0 bridgehead atoms. The molecule has 1 aromatic heterocycles. The summed E-state index contributed by atoms with van der Waals surface area (Å²) in [5.74, 6) is -1.42. The number of carboxylic acid groups (broad SMARTS) is 1. The Morgan fingerprint density at radius 2 is 1.51 bits per heavy atom. The number of ether oxygens (including phenoxy) is 2. The number of fused-ring (bicyclic) bond motifs is 1. The minimum atomic E-state index is -1.03. The average Bonchev–Trinajstić information content (AvgIpc) is 3.60. The van der Waals surface area contributed by atoms with Gasteiger partial charge in [0.15, 0.2) is 0 Å². The molecule has 4 aromatic rings. The number of halogens is 2. The standard InChI is InChI=1S/C20H18FNO3.C10H11BrO/c21-17-10-18-15(16(11-22-18)20(23)24)9-14(17)12-4-6-13(7-5-12)19-3-1-2-8-25-19;11-9-5-3-8(4-6-9)10-2-1-7-12-10/h4-7,9-11,19,22H,1-3,8H2,(H,23,24);3-6,10H,1-2,7H2. The van der Waals surface area contributed by atoms with Gasteiger partial charge >= 0.3 is 5.97 Å². The molecule has 0 amide bonds. The summed E-state index contributed by atoms with van der Waals surface area (Å²) in [4.78, 5) is 14.1. The minimum Gasteiger partial charge on any atom is -0.478 e. The van der Waals surface area contributed by atoms with Gasteiger partial charge in [0.2, 0.25) is 0 Å². The highest BCUT2D eigenvalue weighted by Gasteiger charge is 2.18. The van der Waals surface area contributed by atoms with Crippen LogP contribution in [-0.2, 0) is 9.47 Å². The summed E-state index contributed by atoms with van der Waals surface area (Å²) in [7, 11) is 0. The van der Waals surface area contributed by atoms with Crippen LogP contribution in [0, 0.1) is 5.82 Å². The fourth-order valence-electron chi connectivity index (χ4n) is 4.94. The van der Waals surface area contributed by atoms with Crippen molar-refractivity contribution in [1.29, 1.82) is 0 Å². The molecular formula is C30H29BrFNO4. The van der Waals surface area contributed by atoms with Crippen LogP contribution in [-0.4, -0.2) is 29.3 Å². The summed E-state index contributed by atoms with van der Waals surface area (Å²) in [6.07, 6.45) is 7.47. The van der Waals surface area contributed by atoms with E-state index < -0.39 is 5.97 Å². The number of rotatable bonds is 4. The largest absolute Gasteiger partial charge is 0.478 e. The van der Waals surface area contributed by atoms with Gasteiger partial charge in [0.1, 0.15) is 5.82 Å². The van der Waals surface area contributed by atoms with Crippen LogP contribution in [0.2, 0.25) is 0 Å². The smallest absolute Gasteiger partial charge is 0.337 e. The SMILES string of the molecule is Brc1ccc(C2CCCO2)cc1.O=C(O)c1c[nH]c2cc(F)c(-c3ccc(C4CCCCO4)cc3)cc12. The molecule has 2 aliphatic heterocycles. The number of aromatic nitrogens is 1. The van der Waals surface area contributed by atoms with Crippen LogP contribution >= 0.6 is 15.9 Å². The van der Waals surface area contributed by atoms with Crippen molar-refractivity contribution in [2.45, 2.75) is 44.3 Å². The number of H-pyrrole nitrogens is 1. The highest BCUT2D eigenvalue weighted by molar-refractivity contribution is 9.10. The quantitative estimate of drug-likeness (QED) is 0.261. The molecule has 7 heteroatoms. The van der Waals surface area contributed by atoms with E-state index in [1.807, 2.05) is 24.3 Å². The van der Waals surface area contributed by atoms with Crippen LogP contribution in [0.25, 0.3) is 22.0 Å². The minimum absolute atomic E-state index is 0.110. The topological polar surface area (TPSA) is 71.5 Å². The number of aromatic amines is 1. The van der Waals surface area contributed by atoms with Crippen molar-refractivity contribution in [3.8, 4) is 11.1 Å². The van der Waals surface area contributed by atoms with Crippen LogP contribution in [0.4, 0.5) is 4.39 Å². The second-order valence-electron chi connectivity index (χ2n) is 9.42. The summed E-state index contributed by atoms with van der Waals surface area (Å²) < 4.78 is 27.0. The van der Waals surface area contributed by atoms with E-state index in [-0.39, 0.29) is 17.5 Å². The number of carbonyl (C=O) groups is 1. The van der Waals surface area contributed by atoms with Gasteiger partial charge < -0.3 is 19.6 Å². The van der Waals surface area contributed by atoms with E-state index in [4.69, 9.17) is 9.47 Å². The molecular weight excluding hydrogens is 537 g/mol. The van der Waals surface area contributed by atoms with Gasteiger partial charge in [-0.25, -0.2) is 9.18 Å². The molecule has 2 unspecified atom stereocenters. The normalized spacial score (nSPS) is 19.4. The second kappa shape index (κ2) is 11.6. The maximum absolute atomic E-state index is 14.5. The van der Waals surface area contributed by atoms with Gasteiger partial charge in [0.05, 0.1) is 17.8 Å². The van der Waals surface area contributed by atoms with Gasteiger partial charge in [-0.1, -0.05) is 52.3 Å². The van der Waals surface area contributed by atoms with Crippen LogP contribution in [0.1, 0.15) is 65.8 Å². The number of carboxylic acids is 1. The maximum Gasteiger partial charge on any atom is 0.337 e. The van der Waals surface area contributed by atoms with E-state index in [0.29, 0.717) is 22.6 Å². The Hall–Kier alpha value is -3.00. The highest BCUT2D eigenvalue weighted by atomic mass is 79.9. The number of hydrogen-bond acceptors (Lipinski definition) is 3. The first-order valence-corrected chi connectivity index (χ1v) is 13.4. The number of hydrogen-bond donors (Lipinski definition) is 2. The van der Waals surface area contributed by atoms with Gasteiger partial charge in [-0.3, -0.25) is 0 Å². The molecule has 2 saturated heterocycles. The monoisotopic (exact) mass is 565 g/mol. The fourth-order valence-corrected chi connectivity index (χ4v) is 5.20. The third-order valence-electron chi connectivity index (χ3n) is 6.94. The molecule has 192 valence electrons. The van der Waals surface area contributed by atoms with Crippen LogP contribution in [0.15, 0.2) is 71.3 Å². The maximum atomic E-state index is 14.5. The third kappa shape index (κ3) is 5.95. The lowest BCUT2D eigenvalue weighted by Crippen LogP contribution is -2.11. The first-order valence-electron chi connectivity index (χ1n) is 12.6. The molecule has 37 heavy (non-hydrogen) atoms. The van der Waals surface area contributed by atoms with E-state index in [1.165, 1.54) is 30.7 Å². The Kier molecular flexibility index (Phi) is 8.03. The van der Waals surface area contributed by atoms with Gasteiger partial charge in [0.25, 0.3) is 0 Å². The molecule has 6 rings (SSSR count). The van der Waals surface area contributed by atoms with E-state index in [1.54, 1.807) is 6.07 Å². The summed E-state index contributed by atoms with van der Waals surface area (Å²) >= 11 is 3.41. The molecule has 0 aliphatic carbocycles. The summed E-state index contributed by atoms with van der Waals surface area (Å²) in [5.41, 5.74) is 4.13. The Morgan fingerprint density at radius 3 is 2.11 bits per heavy atom. The Bertz CT molecular complexity index is 1360. The lowest BCUT2D eigenvalue weighted by molar-refractivity contribution is 0.0149. The van der Waals surface area contributed by atoms with Crippen molar-refractivity contribution in [2.24, 2.45) is 0 Å². The van der Waals surface area contributed by atoms with Crippen molar-refractivity contribution >= 4 is 32.8 Å². The highest BCUT2D eigenvalue weighted by Crippen LogP contribution is 2.33. The van der Waals surface area contributed by atoms with Crippen LogP contribution in [0.5, 0.6) is 0 Å². The molecule has 2 fully saturated rings. The van der Waals surface area contributed by atoms with Gasteiger partial charge in [0, 0.05) is 40.3 Å². The molecule has 3 aromatic carbocycles. The van der Waals surface area contributed by atoms with E-state index in [0.717, 1.165) is 48.1 Å². The number of aromatic carboxylic acids is 1. The zero-order chi connectivity index (χ0) is 25.8. The molecule has 2 N–H and O–H groups in total. The second-order valence-corrected chi connectivity index (χ2v) is 10.3. The molecule has 3 heterocycles. The summed E-state index contributed by atoms with van der Waals surface area (Å²) in [6.45, 7) is 1.70. The summed E-state index contributed by atoms with van der Waals surface area (Å²) in [6, 6.07) is 19.0. The molecule has 0 radical (unpaired) electrons. The van der Waals surface area contributed by atoms with Crippen LogP contribution < -0.4 is 0 Å². The summed E-state index contributed by atoms with van der Waals surface area (Å²) in [5, 5.41) is 9.76. The third-order valence-corrected chi connectivity index (χ3v) is 7.47. The van der Waals surface area contributed by atoms with E-state index in [9.17, 15) is 14.3 Å². The van der Waals surface area contributed by atoms with Crippen molar-refractivity contribution in [2.75, 3.05) is 13.2 Å². The average molecular weight is 566 g/mol. The first-order chi connectivity index (χ1) is 18.0. The molecule has 2 aliphatic rings. The van der Waals surface area contributed by atoms with Crippen molar-refractivity contribution < 1.29 is 23.8 Å². The fraction of sp³-hybridized carbons (Fsp3) is 0.300. The van der Waals surface area contributed by atoms with Crippen molar-refractivity contribution in [3.05, 3.63) is 93.8 Å². The molecule has 0 saturated carbocycles. The zero-order valence-corrected chi connectivity index (χ0v) is 22.0. The zero-order valence-electron chi connectivity index (χ0n) is 20.4.